The van der Waals surface area contributed by atoms with Gasteiger partial charge in [0.25, 0.3) is 5.91 Å². The van der Waals surface area contributed by atoms with Gasteiger partial charge < -0.3 is 10.1 Å². The van der Waals surface area contributed by atoms with Gasteiger partial charge in [-0.05, 0) is 48.9 Å². The number of benzene rings is 2. The highest BCUT2D eigenvalue weighted by atomic mass is 35.5. The second-order valence-corrected chi connectivity index (χ2v) is 6.55. The monoisotopic (exact) mass is 393 g/mol. The van der Waals surface area contributed by atoms with Gasteiger partial charge in [-0.3, -0.25) is 4.79 Å². The van der Waals surface area contributed by atoms with Gasteiger partial charge >= 0.3 is 0 Å². The second kappa shape index (κ2) is 7.28. The van der Waals surface area contributed by atoms with Gasteiger partial charge in [-0.2, -0.15) is 5.10 Å². The number of hydrogen-bond acceptors (Lipinski definition) is 5. The third-order valence-corrected chi connectivity index (χ3v) is 4.62. The fourth-order valence-corrected chi connectivity index (χ4v) is 2.99. The number of aromatic nitrogens is 4. The Kier molecular flexibility index (Phi) is 4.67. The first-order chi connectivity index (χ1) is 13.6. The third kappa shape index (κ3) is 3.27. The lowest BCUT2D eigenvalue weighted by Crippen LogP contribution is -2.18. The van der Waals surface area contributed by atoms with Gasteiger partial charge in [0.15, 0.2) is 11.3 Å². The lowest BCUT2D eigenvalue weighted by molar-refractivity contribution is 0.102. The molecule has 0 unspecified atom stereocenters. The van der Waals surface area contributed by atoms with Crippen LogP contribution >= 0.6 is 11.6 Å². The summed E-state index contributed by atoms with van der Waals surface area (Å²) in [7, 11) is 1.62. The van der Waals surface area contributed by atoms with Gasteiger partial charge in [-0.1, -0.05) is 23.7 Å². The van der Waals surface area contributed by atoms with Crippen molar-refractivity contribution in [1.82, 2.24) is 19.8 Å². The summed E-state index contributed by atoms with van der Waals surface area (Å²) in [5.41, 5.74) is 3.75. The number of halogens is 1. The minimum Gasteiger partial charge on any atom is -0.497 e. The largest absolute Gasteiger partial charge is 0.497 e. The maximum absolute atomic E-state index is 12.6. The summed E-state index contributed by atoms with van der Waals surface area (Å²) in [6.07, 6.45) is 1.71. The highest BCUT2D eigenvalue weighted by Crippen LogP contribution is 2.26. The van der Waals surface area contributed by atoms with Crippen LogP contribution in [0.15, 0.2) is 54.7 Å². The third-order valence-electron chi connectivity index (χ3n) is 4.37. The van der Waals surface area contributed by atoms with Crippen molar-refractivity contribution in [3.05, 3.63) is 71.1 Å². The Morgan fingerprint density at radius 3 is 2.46 bits per heavy atom. The van der Waals surface area contributed by atoms with Crippen LogP contribution in [0.4, 0.5) is 5.69 Å². The van der Waals surface area contributed by atoms with E-state index >= 15 is 0 Å². The van der Waals surface area contributed by atoms with Crippen molar-refractivity contribution in [2.24, 2.45) is 0 Å². The summed E-state index contributed by atoms with van der Waals surface area (Å²) in [5.74, 6) is 0.402. The molecule has 0 atom stereocenters. The van der Waals surface area contributed by atoms with Gasteiger partial charge in [0.1, 0.15) is 5.75 Å². The quantitative estimate of drug-likeness (QED) is 0.566. The van der Waals surface area contributed by atoms with Crippen LogP contribution in [0.5, 0.6) is 5.75 Å². The zero-order valence-electron chi connectivity index (χ0n) is 15.2. The standard InChI is InChI=1S/C20H16ClN5O2/c1-12-18(20(27)23-15-7-5-14(21)6-8-15)24-25-19-17(11-22-26(12)19)13-3-9-16(28-2)10-4-13/h3-11H,1-2H3,(H,23,27). The van der Waals surface area contributed by atoms with Crippen molar-refractivity contribution in [2.75, 3.05) is 12.4 Å². The number of carbonyl (C=O) groups is 1. The molecule has 8 heteroatoms. The van der Waals surface area contributed by atoms with Crippen molar-refractivity contribution >= 4 is 28.8 Å². The van der Waals surface area contributed by atoms with E-state index in [9.17, 15) is 4.79 Å². The van der Waals surface area contributed by atoms with E-state index in [0.29, 0.717) is 22.1 Å². The molecule has 0 saturated heterocycles. The van der Waals surface area contributed by atoms with Crippen LogP contribution in [0.3, 0.4) is 0 Å². The molecule has 2 heterocycles. The van der Waals surface area contributed by atoms with E-state index in [1.54, 1.807) is 49.0 Å². The lowest BCUT2D eigenvalue weighted by atomic mass is 10.1. The molecule has 0 bridgehead atoms. The van der Waals surface area contributed by atoms with E-state index in [2.05, 4.69) is 20.6 Å². The second-order valence-electron chi connectivity index (χ2n) is 6.12. The Hall–Kier alpha value is -3.45. The fourth-order valence-electron chi connectivity index (χ4n) is 2.86. The summed E-state index contributed by atoms with van der Waals surface area (Å²) in [5, 5.41) is 16.1. The summed E-state index contributed by atoms with van der Waals surface area (Å²) < 4.78 is 6.80. The zero-order valence-corrected chi connectivity index (χ0v) is 15.9. The van der Waals surface area contributed by atoms with Crippen LogP contribution in [0.2, 0.25) is 5.02 Å². The topological polar surface area (TPSA) is 81.4 Å². The lowest BCUT2D eigenvalue weighted by Gasteiger charge is -2.08. The van der Waals surface area contributed by atoms with Gasteiger partial charge in [-0.15, -0.1) is 10.2 Å². The molecule has 0 saturated carbocycles. The average molecular weight is 394 g/mol. The van der Waals surface area contributed by atoms with Gasteiger partial charge in [0.05, 0.1) is 19.0 Å². The minimum absolute atomic E-state index is 0.201. The number of methoxy groups -OCH3 is 1. The summed E-state index contributed by atoms with van der Waals surface area (Å²) >= 11 is 5.87. The molecular weight excluding hydrogens is 378 g/mol. The van der Waals surface area contributed by atoms with Crippen LogP contribution < -0.4 is 10.1 Å². The molecule has 0 radical (unpaired) electrons. The number of aryl methyl sites for hydroxylation is 1. The Morgan fingerprint density at radius 1 is 1.07 bits per heavy atom. The van der Waals surface area contributed by atoms with Crippen molar-refractivity contribution in [1.29, 1.82) is 0 Å². The van der Waals surface area contributed by atoms with E-state index in [-0.39, 0.29) is 11.6 Å². The van der Waals surface area contributed by atoms with Crippen molar-refractivity contribution in [2.45, 2.75) is 6.92 Å². The highest BCUT2D eigenvalue weighted by Gasteiger charge is 2.18. The molecule has 0 aliphatic rings. The van der Waals surface area contributed by atoms with Crippen molar-refractivity contribution < 1.29 is 9.53 Å². The molecule has 28 heavy (non-hydrogen) atoms. The van der Waals surface area contributed by atoms with Crippen LogP contribution in [0.1, 0.15) is 16.2 Å². The van der Waals surface area contributed by atoms with E-state index in [1.807, 2.05) is 24.3 Å². The number of hydrogen-bond donors (Lipinski definition) is 1. The Balaban J connectivity index is 1.67. The number of carbonyl (C=O) groups excluding carboxylic acids is 1. The number of amides is 1. The average Bonchev–Trinajstić information content (AvgIpc) is 3.15. The molecule has 4 rings (SSSR count). The molecular formula is C20H16ClN5O2. The maximum atomic E-state index is 12.6. The molecule has 2 aromatic heterocycles. The first-order valence-corrected chi connectivity index (χ1v) is 8.87. The summed E-state index contributed by atoms with van der Waals surface area (Å²) in [6, 6.07) is 14.4. The normalized spacial score (nSPS) is 10.8. The fraction of sp³-hybridized carbons (Fsp3) is 0.100. The molecule has 1 amide bonds. The maximum Gasteiger partial charge on any atom is 0.278 e. The van der Waals surface area contributed by atoms with E-state index in [1.165, 1.54) is 0 Å². The Labute approximate surface area is 165 Å². The molecule has 0 spiro atoms. The summed E-state index contributed by atoms with van der Waals surface area (Å²) in [4.78, 5) is 12.6. The van der Waals surface area contributed by atoms with Crippen molar-refractivity contribution in [3.63, 3.8) is 0 Å². The first-order valence-electron chi connectivity index (χ1n) is 8.49. The van der Waals surface area contributed by atoms with E-state index in [0.717, 1.165) is 16.9 Å². The van der Waals surface area contributed by atoms with Crippen LogP contribution in [-0.4, -0.2) is 32.8 Å². The molecule has 7 nitrogen and oxygen atoms in total. The summed E-state index contributed by atoms with van der Waals surface area (Å²) in [6.45, 7) is 1.78. The van der Waals surface area contributed by atoms with Crippen LogP contribution in [0, 0.1) is 6.92 Å². The first kappa shape index (κ1) is 17.9. The molecule has 0 fully saturated rings. The number of anilines is 1. The SMILES string of the molecule is COc1ccc(-c2cnn3c(C)c(C(=O)Nc4ccc(Cl)cc4)nnc23)cc1. The van der Waals surface area contributed by atoms with Gasteiger partial charge in [0, 0.05) is 16.3 Å². The molecule has 0 aliphatic carbocycles. The molecule has 0 aliphatic heterocycles. The molecule has 140 valence electrons. The van der Waals surface area contributed by atoms with Gasteiger partial charge in [0.2, 0.25) is 0 Å². The van der Waals surface area contributed by atoms with Crippen molar-refractivity contribution in [3.8, 4) is 16.9 Å². The number of nitrogens with zero attached hydrogens (tertiary/aromatic N) is 4. The van der Waals surface area contributed by atoms with Crippen LogP contribution in [-0.2, 0) is 0 Å². The molecule has 4 aromatic rings. The number of nitrogens with one attached hydrogen (secondary N) is 1. The highest BCUT2D eigenvalue weighted by molar-refractivity contribution is 6.30. The number of ether oxygens (including phenoxy) is 1. The Morgan fingerprint density at radius 2 is 1.79 bits per heavy atom. The molecule has 2 aromatic carbocycles. The van der Waals surface area contributed by atoms with Gasteiger partial charge in [-0.25, -0.2) is 4.52 Å². The van der Waals surface area contributed by atoms with E-state index < -0.39 is 0 Å². The zero-order chi connectivity index (χ0) is 19.7. The predicted octanol–water partition coefficient (Wildman–Crippen LogP) is 4.01. The smallest absolute Gasteiger partial charge is 0.278 e. The van der Waals surface area contributed by atoms with E-state index in [4.69, 9.17) is 16.3 Å². The van der Waals surface area contributed by atoms with Crippen LogP contribution in [0.25, 0.3) is 16.8 Å². The number of rotatable bonds is 4. The predicted molar refractivity (Wildman–Crippen MR) is 107 cm³/mol. The Bertz CT molecular complexity index is 1150. The molecule has 1 N–H and O–H groups in total. The minimum atomic E-state index is -0.365. The number of fused-ring (bicyclic) bond motifs is 1.